The molecule has 1 atom stereocenters. The molecule has 0 aliphatic carbocycles. The number of nitrogens with zero attached hydrogens (tertiary/aromatic N) is 4. The summed E-state index contributed by atoms with van der Waals surface area (Å²) in [6.07, 6.45) is 1.65. The van der Waals surface area contributed by atoms with Gasteiger partial charge in [0.1, 0.15) is 12.7 Å². The van der Waals surface area contributed by atoms with Gasteiger partial charge in [0, 0.05) is 7.11 Å². The van der Waals surface area contributed by atoms with Crippen molar-refractivity contribution in [2.75, 3.05) is 27.2 Å². The van der Waals surface area contributed by atoms with Gasteiger partial charge in [-0.15, -0.1) is 0 Å². The van der Waals surface area contributed by atoms with Crippen molar-refractivity contribution in [3.05, 3.63) is 12.7 Å². The van der Waals surface area contributed by atoms with Crippen LogP contribution in [0.3, 0.4) is 0 Å². The van der Waals surface area contributed by atoms with Crippen LogP contribution in [-0.2, 0) is 20.6 Å². The Morgan fingerprint density at radius 1 is 1.32 bits per heavy atom. The normalized spacial score (nSPS) is 13.5. The minimum absolute atomic E-state index is 0.169. The van der Waals surface area contributed by atoms with E-state index in [1.807, 2.05) is 0 Å². The van der Waals surface area contributed by atoms with Crippen LogP contribution in [0.4, 0.5) is 0 Å². The molecular weight excluding hydrogens is 315 g/mol. The number of aromatic nitrogens is 4. The van der Waals surface area contributed by atoms with E-state index in [9.17, 15) is 4.57 Å². The van der Waals surface area contributed by atoms with Gasteiger partial charge in [0.2, 0.25) is 5.88 Å². The third-order valence-electron chi connectivity index (χ3n) is 2.79. The number of hydrogen-bond donors (Lipinski definition) is 2. The fraction of sp³-hybridized carbons (Fsp3) is 0.545. The van der Waals surface area contributed by atoms with Gasteiger partial charge >= 0.3 is 7.60 Å². The molecule has 2 aromatic heterocycles. The van der Waals surface area contributed by atoms with Crippen molar-refractivity contribution in [1.29, 1.82) is 0 Å². The van der Waals surface area contributed by atoms with Gasteiger partial charge < -0.3 is 28.6 Å². The predicted molar refractivity (Wildman–Crippen MR) is 75.5 cm³/mol. The third kappa shape index (κ3) is 4.21. The summed E-state index contributed by atoms with van der Waals surface area (Å²) < 4.78 is 27.9. The first kappa shape index (κ1) is 16.8. The molecule has 2 aromatic rings. The summed E-state index contributed by atoms with van der Waals surface area (Å²) in [6.45, 7) is 0.437. The first-order valence-electron chi connectivity index (χ1n) is 6.29. The molecule has 0 bridgehead atoms. The molecule has 0 unspecified atom stereocenters. The molecule has 2 N–H and O–H groups in total. The molecule has 0 aromatic carbocycles. The Labute approximate surface area is 126 Å². The number of rotatable bonds is 8. The first-order chi connectivity index (χ1) is 10.4. The third-order valence-corrected chi connectivity index (χ3v) is 3.28. The van der Waals surface area contributed by atoms with Crippen LogP contribution in [0.2, 0.25) is 0 Å². The lowest BCUT2D eigenvalue weighted by Crippen LogP contribution is -2.25. The Morgan fingerprint density at radius 3 is 2.73 bits per heavy atom. The van der Waals surface area contributed by atoms with Crippen LogP contribution in [0.5, 0.6) is 5.88 Å². The van der Waals surface area contributed by atoms with Gasteiger partial charge in [-0.2, -0.15) is 4.98 Å². The first-order valence-corrected chi connectivity index (χ1v) is 8.09. The predicted octanol–water partition coefficient (Wildman–Crippen LogP) is 0.00170. The van der Waals surface area contributed by atoms with Crippen molar-refractivity contribution in [3.8, 4) is 5.88 Å². The lowest BCUT2D eigenvalue weighted by atomic mass is 10.3. The second-order valence-corrected chi connectivity index (χ2v) is 6.08. The molecule has 122 valence electrons. The van der Waals surface area contributed by atoms with E-state index in [1.54, 1.807) is 4.57 Å². The zero-order chi connectivity index (χ0) is 16.2. The van der Waals surface area contributed by atoms with E-state index in [1.165, 1.54) is 26.9 Å². The lowest BCUT2D eigenvalue weighted by Gasteiger charge is -2.18. The van der Waals surface area contributed by atoms with Crippen molar-refractivity contribution in [2.45, 2.75) is 12.6 Å². The highest BCUT2D eigenvalue weighted by atomic mass is 31.2. The van der Waals surface area contributed by atoms with E-state index in [2.05, 4.69) is 15.0 Å². The highest BCUT2D eigenvalue weighted by molar-refractivity contribution is 7.51. The summed E-state index contributed by atoms with van der Waals surface area (Å²) in [4.78, 5) is 30.0. The van der Waals surface area contributed by atoms with E-state index in [4.69, 9.17) is 24.0 Å². The zero-order valence-corrected chi connectivity index (χ0v) is 13.0. The summed E-state index contributed by atoms with van der Waals surface area (Å²) in [5, 5.41) is 0. The number of methoxy groups -OCH3 is 2. The van der Waals surface area contributed by atoms with E-state index in [0.717, 1.165) is 0 Å². The Morgan fingerprint density at radius 2 is 2.09 bits per heavy atom. The summed E-state index contributed by atoms with van der Waals surface area (Å²) in [5.41, 5.74) is 1.03. The average Bonchev–Trinajstić information content (AvgIpc) is 2.87. The highest BCUT2D eigenvalue weighted by Gasteiger charge is 2.20. The summed E-state index contributed by atoms with van der Waals surface area (Å²) in [7, 11) is -1.28. The second kappa shape index (κ2) is 7.12. The zero-order valence-electron chi connectivity index (χ0n) is 12.1. The van der Waals surface area contributed by atoms with Gasteiger partial charge in [-0.3, -0.25) is 4.57 Å². The van der Waals surface area contributed by atoms with Gasteiger partial charge in [0.15, 0.2) is 11.2 Å². The maximum Gasteiger partial charge on any atom is 0.350 e. The second-order valence-electron chi connectivity index (χ2n) is 4.49. The van der Waals surface area contributed by atoms with Gasteiger partial charge in [0.05, 0.1) is 32.7 Å². The summed E-state index contributed by atoms with van der Waals surface area (Å²) >= 11 is 0. The van der Waals surface area contributed by atoms with Gasteiger partial charge in [-0.1, -0.05) is 0 Å². The van der Waals surface area contributed by atoms with Crippen molar-refractivity contribution in [2.24, 2.45) is 0 Å². The molecule has 0 fully saturated rings. The number of fused-ring (bicyclic) bond motifs is 1. The van der Waals surface area contributed by atoms with Gasteiger partial charge in [-0.05, 0) is 0 Å². The number of ether oxygens (including phenoxy) is 3. The maximum absolute atomic E-state index is 10.9. The van der Waals surface area contributed by atoms with Crippen LogP contribution in [0, 0.1) is 0 Å². The van der Waals surface area contributed by atoms with E-state index < -0.39 is 20.0 Å². The van der Waals surface area contributed by atoms with Crippen molar-refractivity contribution >= 4 is 18.8 Å². The number of hydrogen-bond acceptors (Lipinski definition) is 7. The van der Waals surface area contributed by atoms with Crippen LogP contribution in [0.15, 0.2) is 12.7 Å². The molecule has 2 heterocycles. The molecule has 0 aliphatic rings. The van der Waals surface area contributed by atoms with Crippen LogP contribution in [-0.4, -0.2) is 62.6 Å². The molecule has 0 radical (unpaired) electrons. The SMILES string of the molecule is COC[C@@H](Cn1cnc2c(OC)ncnc21)OCP(=O)(O)O. The highest BCUT2D eigenvalue weighted by Crippen LogP contribution is 2.34. The molecule has 22 heavy (non-hydrogen) atoms. The van der Waals surface area contributed by atoms with Crippen LogP contribution >= 0.6 is 7.60 Å². The molecule has 0 saturated heterocycles. The minimum Gasteiger partial charge on any atom is -0.479 e. The fourth-order valence-electron chi connectivity index (χ4n) is 1.90. The van der Waals surface area contributed by atoms with Crippen molar-refractivity contribution < 1.29 is 28.6 Å². The maximum atomic E-state index is 10.9. The lowest BCUT2D eigenvalue weighted by molar-refractivity contribution is 0.00416. The smallest absolute Gasteiger partial charge is 0.350 e. The Bertz CT molecular complexity index is 672. The average molecular weight is 332 g/mol. The minimum atomic E-state index is -4.24. The van der Waals surface area contributed by atoms with Crippen LogP contribution in [0.1, 0.15) is 0 Å². The molecule has 10 nitrogen and oxygen atoms in total. The Balaban J connectivity index is 2.17. The monoisotopic (exact) mass is 332 g/mol. The quantitative estimate of drug-likeness (QED) is 0.642. The van der Waals surface area contributed by atoms with Crippen molar-refractivity contribution in [3.63, 3.8) is 0 Å². The molecule has 0 saturated carbocycles. The molecule has 11 heteroatoms. The standard InChI is InChI=1S/C11H17N4O6P/c1-19-4-8(21-7-22(16,17)18)3-15-6-14-9-10(15)12-5-13-11(9)20-2/h5-6,8H,3-4,7H2,1-2H3,(H2,16,17,18)/t8-/m1/s1. The molecule has 0 aliphatic heterocycles. The summed E-state index contributed by atoms with van der Waals surface area (Å²) in [5.74, 6) is 0.350. The van der Waals surface area contributed by atoms with Gasteiger partial charge in [0.25, 0.3) is 0 Å². The Kier molecular flexibility index (Phi) is 5.43. The molecular formula is C11H17N4O6P. The fourth-order valence-corrected chi connectivity index (χ4v) is 2.31. The Hall–Kier alpha value is -1.58. The topological polar surface area (TPSA) is 129 Å². The van der Waals surface area contributed by atoms with E-state index in [0.29, 0.717) is 17.0 Å². The molecule has 2 rings (SSSR count). The van der Waals surface area contributed by atoms with Crippen LogP contribution < -0.4 is 4.74 Å². The number of imidazole rings is 1. The van der Waals surface area contributed by atoms with E-state index >= 15 is 0 Å². The summed E-state index contributed by atoms with van der Waals surface area (Å²) in [6, 6.07) is 0. The van der Waals surface area contributed by atoms with E-state index in [-0.39, 0.29) is 13.2 Å². The molecule has 0 amide bonds. The van der Waals surface area contributed by atoms with Gasteiger partial charge in [-0.25, -0.2) is 9.97 Å². The van der Waals surface area contributed by atoms with Crippen LogP contribution in [0.25, 0.3) is 11.2 Å². The largest absolute Gasteiger partial charge is 0.479 e. The van der Waals surface area contributed by atoms with Crippen molar-refractivity contribution in [1.82, 2.24) is 19.5 Å². The molecule has 0 spiro atoms.